The van der Waals surface area contributed by atoms with Crippen LogP contribution in [-0.4, -0.2) is 31.6 Å². The second kappa shape index (κ2) is 7.91. The van der Waals surface area contributed by atoms with Gasteiger partial charge in [-0.1, -0.05) is 29.5 Å². The molecule has 1 unspecified atom stereocenters. The zero-order chi connectivity index (χ0) is 23.2. The Morgan fingerprint density at radius 3 is 2.65 bits per heavy atom. The fraction of sp³-hybridized carbons (Fsp3) is 0.115. The fourth-order valence-corrected chi connectivity index (χ4v) is 4.52. The van der Waals surface area contributed by atoms with Crippen molar-refractivity contribution in [2.24, 2.45) is 0 Å². The number of aromatic nitrogens is 4. The van der Waals surface area contributed by atoms with Gasteiger partial charge in [0, 0.05) is 35.3 Å². The number of ether oxygens (including phenoxy) is 1. The number of hydrogen-bond donors (Lipinski definition) is 0. The lowest BCUT2D eigenvalue weighted by atomic mass is 10.0. The predicted octanol–water partition coefficient (Wildman–Crippen LogP) is 4.95. The topological polar surface area (TPSA) is 61.9 Å². The molecule has 0 saturated heterocycles. The Labute approximate surface area is 193 Å². The molecule has 8 heteroatoms. The minimum atomic E-state index is -0.715. The van der Waals surface area contributed by atoms with E-state index >= 15 is 0 Å². The van der Waals surface area contributed by atoms with Crippen LogP contribution in [0.5, 0.6) is 0 Å². The van der Waals surface area contributed by atoms with Crippen LogP contribution in [-0.2, 0) is 17.7 Å². The molecule has 1 atom stereocenters. The summed E-state index contributed by atoms with van der Waals surface area (Å²) in [6.07, 6.45) is 3.59. The van der Waals surface area contributed by atoms with E-state index in [1.807, 2.05) is 48.7 Å². The molecule has 34 heavy (non-hydrogen) atoms. The first kappa shape index (κ1) is 20.3. The van der Waals surface area contributed by atoms with Gasteiger partial charge in [-0.2, -0.15) is 0 Å². The van der Waals surface area contributed by atoms with Crippen molar-refractivity contribution in [2.45, 2.75) is 19.1 Å². The van der Waals surface area contributed by atoms with Crippen molar-refractivity contribution in [3.63, 3.8) is 0 Å². The summed E-state index contributed by atoms with van der Waals surface area (Å²) in [5, 5.41) is 8.96. The number of cyclic esters (lactones) is 1. The Kier molecular flexibility index (Phi) is 4.72. The van der Waals surface area contributed by atoms with E-state index in [0.717, 1.165) is 28.2 Å². The number of benzene rings is 3. The Morgan fingerprint density at radius 2 is 1.82 bits per heavy atom. The van der Waals surface area contributed by atoms with Crippen LogP contribution < -0.4 is 0 Å². The summed E-state index contributed by atoms with van der Waals surface area (Å²) >= 11 is 0. The summed E-state index contributed by atoms with van der Waals surface area (Å²) in [5.41, 5.74) is 3.89. The molecular weight excluding hydrogens is 438 g/mol. The molecule has 3 heterocycles. The van der Waals surface area contributed by atoms with E-state index in [2.05, 4.69) is 14.9 Å². The van der Waals surface area contributed by atoms with Crippen molar-refractivity contribution in [1.82, 2.24) is 19.6 Å². The molecule has 6 rings (SSSR count). The normalized spacial score (nSPS) is 15.4. The standard InChI is InChI=1S/C26H18F2N4O2/c27-17-9-10-20(22(28)12-17)23-15-31(30-29-23)14-19-11-16-13-32(18-5-2-1-3-6-18)24-8-4-7-21(25(16)24)26(33)34-19/h1-10,12-13,15,19H,11,14H2. The lowest BCUT2D eigenvalue weighted by Crippen LogP contribution is -2.24. The molecule has 0 radical (unpaired) electrons. The van der Waals surface area contributed by atoms with E-state index in [1.54, 1.807) is 12.3 Å². The van der Waals surface area contributed by atoms with Crippen molar-refractivity contribution < 1.29 is 18.3 Å². The number of carbonyl (C=O) groups is 1. The third kappa shape index (κ3) is 3.44. The van der Waals surface area contributed by atoms with Crippen LogP contribution >= 0.6 is 0 Å². The van der Waals surface area contributed by atoms with Gasteiger partial charge in [-0.05, 0) is 42.0 Å². The lowest BCUT2D eigenvalue weighted by molar-refractivity contribution is 0.0264. The van der Waals surface area contributed by atoms with Crippen molar-refractivity contribution >= 4 is 16.9 Å². The molecule has 5 aromatic rings. The average Bonchev–Trinajstić information content (AvgIpc) is 3.41. The van der Waals surface area contributed by atoms with Crippen molar-refractivity contribution in [1.29, 1.82) is 0 Å². The summed E-state index contributed by atoms with van der Waals surface area (Å²) in [6.45, 7) is 0.244. The van der Waals surface area contributed by atoms with Crippen LogP contribution in [0.15, 0.2) is 79.1 Å². The lowest BCUT2D eigenvalue weighted by Gasteiger charge is -2.15. The number of nitrogens with zero attached hydrogens (tertiary/aromatic N) is 4. The van der Waals surface area contributed by atoms with Gasteiger partial charge in [-0.3, -0.25) is 0 Å². The third-order valence-electron chi connectivity index (χ3n) is 6.02. The van der Waals surface area contributed by atoms with Crippen molar-refractivity contribution in [3.05, 3.63) is 102 Å². The predicted molar refractivity (Wildman–Crippen MR) is 122 cm³/mol. The van der Waals surface area contributed by atoms with Gasteiger partial charge in [0.1, 0.15) is 23.4 Å². The number of esters is 1. The highest BCUT2D eigenvalue weighted by Gasteiger charge is 2.28. The molecular formula is C26H18F2N4O2. The van der Waals surface area contributed by atoms with E-state index < -0.39 is 23.7 Å². The van der Waals surface area contributed by atoms with Crippen LogP contribution in [0.25, 0.3) is 27.8 Å². The van der Waals surface area contributed by atoms with Gasteiger partial charge in [0.25, 0.3) is 0 Å². The van der Waals surface area contributed by atoms with Crippen LogP contribution in [0.4, 0.5) is 8.78 Å². The second-order valence-corrected chi connectivity index (χ2v) is 8.24. The van der Waals surface area contributed by atoms with Gasteiger partial charge in [-0.25, -0.2) is 18.3 Å². The van der Waals surface area contributed by atoms with Gasteiger partial charge in [0.2, 0.25) is 0 Å². The maximum absolute atomic E-state index is 14.1. The van der Waals surface area contributed by atoms with Gasteiger partial charge < -0.3 is 9.30 Å². The number of rotatable bonds is 4. The molecule has 0 fully saturated rings. The quantitative estimate of drug-likeness (QED) is 0.359. The second-order valence-electron chi connectivity index (χ2n) is 8.24. The molecule has 0 spiro atoms. The Balaban J connectivity index is 1.33. The monoisotopic (exact) mass is 456 g/mol. The number of para-hydroxylation sites is 1. The molecule has 168 valence electrons. The van der Waals surface area contributed by atoms with Crippen molar-refractivity contribution in [3.8, 4) is 16.9 Å². The highest BCUT2D eigenvalue weighted by atomic mass is 19.1. The van der Waals surface area contributed by atoms with Crippen LogP contribution in [0.3, 0.4) is 0 Å². The van der Waals surface area contributed by atoms with E-state index in [9.17, 15) is 13.6 Å². The van der Waals surface area contributed by atoms with E-state index in [0.29, 0.717) is 12.0 Å². The van der Waals surface area contributed by atoms with Gasteiger partial charge in [-0.15, -0.1) is 5.10 Å². The Hall–Kier alpha value is -4.33. The summed E-state index contributed by atoms with van der Waals surface area (Å²) < 4.78 is 36.8. The van der Waals surface area contributed by atoms with Gasteiger partial charge in [0.15, 0.2) is 0 Å². The first-order chi connectivity index (χ1) is 16.6. The average molecular weight is 456 g/mol. The van der Waals surface area contributed by atoms with E-state index in [4.69, 9.17) is 4.74 Å². The number of halogens is 2. The number of hydrogen-bond acceptors (Lipinski definition) is 4. The van der Waals surface area contributed by atoms with Gasteiger partial charge >= 0.3 is 5.97 Å². The molecule has 0 N–H and O–H groups in total. The summed E-state index contributed by atoms with van der Waals surface area (Å²) in [7, 11) is 0. The fourth-order valence-electron chi connectivity index (χ4n) is 4.52. The van der Waals surface area contributed by atoms with Gasteiger partial charge in [0.05, 0.1) is 23.8 Å². The maximum Gasteiger partial charge on any atom is 0.339 e. The molecule has 1 aliphatic rings. The minimum absolute atomic E-state index is 0.152. The van der Waals surface area contributed by atoms with E-state index in [-0.39, 0.29) is 17.8 Å². The molecule has 0 amide bonds. The highest BCUT2D eigenvalue weighted by Crippen LogP contribution is 2.32. The zero-order valence-electron chi connectivity index (χ0n) is 17.9. The third-order valence-corrected chi connectivity index (χ3v) is 6.02. The van der Waals surface area contributed by atoms with Crippen LogP contribution in [0, 0.1) is 11.6 Å². The highest BCUT2D eigenvalue weighted by molar-refractivity contribution is 6.06. The largest absolute Gasteiger partial charge is 0.456 e. The first-order valence-electron chi connectivity index (χ1n) is 10.8. The number of carbonyl (C=O) groups excluding carboxylic acids is 1. The summed E-state index contributed by atoms with van der Waals surface area (Å²) in [4.78, 5) is 13.0. The molecule has 0 bridgehead atoms. The summed E-state index contributed by atoms with van der Waals surface area (Å²) in [5.74, 6) is -1.77. The Bertz CT molecular complexity index is 1540. The molecule has 0 saturated carbocycles. The SMILES string of the molecule is O=C1OC(Cn2cc(-c3ccc(F)cc3F)nn2)Cc2cn(-c3ccccc3)c3cccc1c23. The molecule has 1 aliphatic heterocycles. The zero-order valence-corrected chi connectivity index (χ0v) is 17.9. The molecule has 6 nitrogen and oxygen atoms in total. The Morgan fingerprint density at radius 1 is 0.971 bits per heavy atom. The van der Waals surface area contributed by atoms with Crippen LogP contribution in [0.1, 0.15) is 15.9 Å². The minimum Gasteiger partial charge on any atom is -0.456 e. The maximum atomic E-state index is 14.1. The summed E-state index contributed by atoms with van der Waals surface area (Å²) in [6, 6.07) is 18.9. The molecule has 0 aliphatic carbocycles. The first-order valence-corrected chi connectivity index (χ1v) is 10.8. The molecule has 3 aromatic carbocycles. The molecule has 2 aromatic heterocycles. The van der Waals surface area contributed by atoms with Crippen LogP contribution in [0.2, 0.25) is 0 Å². The van der Waals surface area contributed by atoms with E-state index in [1.165, 1.54) is 16.8 Å². The van der Waals surface area contributed by atoms with Crippen molar-refractivity contribution in [2.75, 3.05) is 0 Å². The smallest absolute Gasteiger partial charge is 0.339 e.